The Morgan fingerprint density at radius 3 is 2.92 bits per heavy atom. The number of aryl methyl sites for hydroxylation is 1. The summed E-state index contributed by atoms with van der Waals surface area (Å²) in [4.78, 5) is 22.9. The molecule has 0 saturated carbocycles. The first-order valence-corrected chi connectivity index (χ1v) is 9.44. The first-order valence-electron chi connectivity index (χ1n) is 8.63. The number of amides is 1. The van der Waals surface area contributed by atoms with Crippen molar-refractivity contribution in [3.63, 3.8) is 0 Å². The van der Waals surface area contributed by atoms with Crippen molar-refractivity contribution >= 4 is 23.1 Å². The Kier molecular flexibility index (Phi) is 5.39. The maximum atomic E-state index is 12.5. The number of carbonyl (C=O) groups is 1. The maximum Gasteiger partial charge on any atom is 0.227 e. The molecule has 25 heavy (non-hydrogen) atoms. The van der Waals surface area contributed by atoms with E-state index in [1.165, 1.54) is 4.88 Å². The molecule has 2 aromatic heterocycles. The molecule has 5 nitrogen and oxygen atoms in total. The lowest BCUT2D eigenvalue weighted by Crippen LogP contribution is -2.55. The molecular weight excluding hydrogens is 334 g/mol. The van der Waals surface area contributed by atoms with Gasteiger partial charge in [-0.15, -0.1) is 11.3 Å². The summed E-state index contributed by atoms with van der Waals surface area (Å²) in [7, 11) is 1.78. The number of aliphatic hydroxyl groups is 1. The predicted octanol–water partition coefficient (Wildman–Crippen LogP) is 2.48. The summed E-state index contributed by atoms with van der Waals surface area (Å²) >= 11 is 1.65. The van der Waals surface area contributed by atoms with Crippen LogP contribution in [-0.4, -0.2) is 53.2 Å². The highest BCUT2D eigenvalue weighted by atomic mass is 32.1. The number of piperidine rings is 1. The number of nitrogens with zero attached hydrogens (tertiary/aromatic N) is 3. The van der Waals surface area contributed by atoms with Crippen molar-refractivity contribution in [3.8, 4) is 0 Å². The Morgan fingerprint density at radius 1 is 1.40 bits per heavy atom. The van der Waals surface area contributed by atoms with Crippen molar-refractivity contribution in [3.05, 3.63) is 46.3 Å². The minimum Gasteiger partial charge on any atom is -0.386 e. The predicted molar refractivity (Wildman–Crippen MR) is 101 cm³/mol. The smallest absolute Gasteiger partial charge is 0.227 e. The third-order valence-corrected chi connectivity index (χ3v) is 5.61. The SMILES string of the molecule is Cc1ccc(CC(=O)N(C)C[C@@]2(O)CCCN(c3ccccn3)C2)s1. The van der Waals surface area contributed by atoms with Crippen LogP contribution >= 0.6 is 11.3 Å². The van der Waals surface area contributed by atoms with Gasteiger partial charge in [-0.1, -0.05) is 6.07 Å². The van der Waals surface area contributed by atoms with Crippen LogP contribution in [0.2, 0.25) is 0 Å². The number of β-amino-alcohol motifs (C(OH)–C–C–N with tert-alkyl or cyclic N) is 1. The highest BCUT2D eigenvalue weighted by Gasteiger charge is 2.35. The van der Waals surface area contributed by atoms with Crippen molar-refractivity contribution in [2.24, 2.45) is 0 Å². The summed E-state index contributed by atoms with van der Waals surface area (Å²) in [5.74, 6) is 0.925. The lowest BCUT2D eigenvalue weighted by atomic mass is 9.92. The molecule has 0 aliphatic carbocycles. The monoisotopic (exact) mass is 359 g/mol. The Hall–Kier alpha value is -1.92. The Balaban J connectivity index is 1.61. The molecule has 0 unspecified atom stereocenters. The van der Waals surface area contributed by atoms with Crippen LogP contribution in [0, 0.1) is 6.92 Å². The van der Waals surface area contributed by atoms with E-state index in [1.54, 1.807) is 29.5 Å². The minimum atomic E-state index is -0.897. The first-order chi connectivity index (χ1) is 12.0. The third kappa shape index (κ3) is 4.58. The second-order valence-corrected chi connectivity index (χ2v) is 8.25. The van der Waals surface area contributed by atoms with E-state index in [4.69, 9.17) is 0 Å². The fourth-order valence-electron chi connectivity index (χ4n) is 3.37. The van der Waals surface area contributed by atoms with Gasteiger partial charge >= 0.3 is 0 Å². The molecule has 1 fully saturated rings. The molecule has 0 bridgehead atoms. The van der Waals surface area contributed by atoms with E-state index in [0.717, 1.165) is 23.7 Å². The number of likely N-dealkylation sites (N-methyl/N-ethyl adjacent to an activating group) is 1. The van der Waals surface area contributed by atoms with Crippen LogP contribution < -0.4 is 4.90 Å². The largest absolute Gasteiger partial charge is 0.386 e. The van der Waals surface area contributed by atoms with Gasteiger partial charge in [0.25, 0.3) is 0 Å². The summed E-state index contributed by atoms with van der Waals surface area (Å²) in [5.41, 5.74) is -0.897. The van der Waals surface area contributed by atoms with Gasteiger partial charge in [0.15, 0.2) is 0 Å². The molecule has 1 aliphatic heterocycles. The van der Waals surface area contributed by atoms with E-state index in [1.807, 2.05) is 37.3 Å². The fraction of sp³-hybridized carbons (Fsp3) is 0.474. The number of carbonyl (C=O) groups excluding carboxylic acids is 1. The van der Waals surface area contributed by atoms with Crippen molar-refractivity contribution in [1.29, 1.82) is 0 Å². The molecule has 6 heteroatoms. The number of rotatable bonds is 5. The van der Waals surface area contributed by atoms with Crippen molar-refractivity contribution < 1.29 is 9.90 Å². The van der Waals surface area contributed by atoms with Crippen LogP contribution in [-0.2, 0) is 11.2 Å². The molecule has 0 aromatic carbocycles. The molecule has 1 saturated heterocycles. The zero-order valence-electron chi connectivity index (χ0n) is 14.8. The van der Waals surface area contributed by atoms with E-state index in [0.29, 0.717) is 25.9 Å². The minimum absolute atomic E-state index is 0.0465. The van der Waals surface area contributed by atoms with E-state index in [9.17, 15) is 9.90 Å². The fourth-order valence-corrected chi connectivity index (χ4v) is 4.25. The van der Waals surface area contributed by atoms with Gasteiger partial charge in [0, 0.05) is 36.1 Å². The summed E-state index contributed by atoms with van der Waals surface area (Å²) in [5, 5.41) is 11.0. The van der Waals surface area contributed by atoms with Crippen LogP contribution in [0.15, 0.2) is 36.5 Å². The number of aromatic nitrogens is 1. The van der Waals surface area contributed by atoms with Crippen molar-refractivity contribution in [2.45, 2.75) is 31.8 Å². The summed E-state index contributed by atoms with van der Waals surface area (Å²) in [6.45, 7) is 3.77. The molecule has 134 valence electrons. The number of hydrogen-bond donors (Lipinski definition) is 1. The Labute approximate surface area is 152 Å². The molecule has 2 aromatic rings. The number of hydrogen-bond acceptors (Lipinski definition) is 5. The molecule has 0 radical (unpaired) electrons. The molecule has 1 aliphatic rings. The van der Waals surface area contributed by atoms with Gasteiger partial charge < -0.3 is 14.9 Å². The van der Waals surface area contributed by atoms with Crippen LogP contribution in [0.1, 0.15) is 22.6 Å². The molecule has 1 N–H and O–H groups in total. The maximum absolute atomic E-state index is 12.5. The van der Waals surface area contributed by atoms with Crippen LogP contribution in [0.3, 0.4) is 0 Å². The van der Waals surface area contributed by atoms with E-state index < -0.39 is 5.60 Å². The third-order valence-electron chi connectivity index (χ3n) is 4.61. The van der Waals surface area contributed by atoms with Gasteiger partial charge in [0.2, 0.25) is 5.91 Å². The molecule has 3 rings (SSSR count). The van der Waals surface area contributed by atoms with Gasteiger partial charge in [-0.3, -0.25) is 4.79 Å². The molecule has 3 heterocycles. The van der Waals surface area contributed by atoms with Crippen molar-refractivity contribution in [2.75, 3.05) is 31.6 Å². The van der Waals surface area contributed by atoms with Crippen LogP contribution in [0.5, 0.6) is 0 Å². The average molecular weight is 359 g/mol. The van der Waals surface area contributed by atoms with E-state index >= 15 is 0 Å². The highest BCUT2D eigenvalue weighted by molar-refractivity contribution is 7.12. The van der Waals surface area contributed by atoms with Gasteiger partial charge in [0.05, 0.1) is 18.6 Å². The number of anilines is 1. The van der Waals surface area contributed by atoms with Gasteiger partial charge in [0.1, 0.15) is 5.82 Å². The first kappa shape index (κ1) is 17.9. The molecular formula is C19H25N3O2S. The molecule has 0 spiro atoms. The molecule has 1 atom stereocenters. The summed E-state index contributed by atoms with van der Waals surface area (Å²) < 4.78 is 0. The number of pyridine rings is 1. The zero-order valence-corrected chi connectivity index (χ0v) is 15.6. The zero-order chi connectivity index (χ0) is 17.9. The lowest BCUT2D eigenvalue weighted by molar-refractivity contribution is -0.132. The average Bonchev–Trinajstić information content (AvgIpc) is 3.00. The second kappa shape index (κ2) is 7.54. The second-order valence-electron chi connectivity index (χ2n) is 6.88. The van der Waals surface area contributed by atoms with E-state index in [-0.39, 0.29) is 5.91 Å². The highest BCUT2D eigenvalue weighted by Crippen LogP contribution is 2.26. The standard InChI is InChI=1S/C19H25N3O2S/c1-15-7-8-16(25-15)12-18(23)21(2)13-19(24)9-5-11-22(14-19)17-6-3-4-10-20-17/h3-4,6-8,10,24H,5,9,11-14H2,1-2H3/t19-/m0/s1. The topological polar surface area (TPSA) is 56.7 Å². The van der Waals surface area contributed by atoms with E-state index in [2.05, 4.69) is 9.88 Å². The van der Waals surface area contributed by atoms with Crippen LogP contribution in [0.25, 0.3) is 0 Å². The quantitative estimate of drug-likeness (QED) is 0.891. The van der Waals surface area contributed by atoms with Gasteiger partial charge in [-0.05, 0) is 44.0 Å². The summed E-state index contributed by atoms with van der Waals surface area (Å²) in [6, 6.07) is 9.84. The van der Waals surface area contributed by atoms with Crippen LogP contribution in [0.4, 0.5) is 5.82 Å². The summed E-state index contributed by atoms with van der Waals surface area (Å²) in [6.07, 6.45) is 3.75. The Bertz CT molecular complexity index is 718. The number of thiophene rings is 1. The lowest BCUT2D eigenvalue weighted by Gasteiger charge is -2.41. The van der Waals surface area contributed by atoms with Gasteiger partial charge in [-0.2, -0.15) is 0 Å². The normalized spacial score (nSPS) is 20.5. The Morgan fingerprint density at radius 2 is 2.24 bits per heavy atom. The van der Waals surface area contributed by atoms with Crippen molar-refractivity contribution in [1.82, 2.24) is 9.88 Å². The van der Waals surface area contributed by atoms with Gasteiger partial charge in [-0.25, -0.2) is 4.98 Å². The molecule has 1 amide bonds.